The first-order valence-electron chi connectivity index (χ1n) is 9.46. The number of carbonyl (C=O) groups is 1. The van der Waals surface area contributed by atoms with Gasteiger partial charge in [-0.15, -0.1) is 0 Å². The Kier molecular flexibility index (Phi) is 9.56. The molecule has 0 saturated heterocycles. The van der Waals surface area contributed by atoms with Gasteiger partial charge in [-0.25, -0.2) is 0 Å². The number of unbranched alkanes of at least 4 members (excludes halogenated alkanes) is 4. The van der Waals surface area contributed by atoms with E-state index >= 15 is 0 Å². The summed E-state index contributed by atoms with van der Waals surface area (Å²) in [7, 11) is 1.75. The molecule has 0 unspecified atom stereocenters. The highest BCUT2D eigenvalue weighted by atomic mass is 19.4. The van der Waals surface area contributed by atoms with Crippen molar-refractivity contribution in [3.05, 3.63) is 29.3 Å². The molecular formula is C20H28F3N3O3. The first-order valence-corrected chi connectivity index (χ1v) is 9.46. The zero-order valence-corrected chi connectivity index (χ0v) is 16.7. The summed E-state index contributed by atoms with van der Waals surface area (Å²) in [6.07, 6.45) is -0.188. The fourth-order valence-electron chi connectivity index (χ4n) is 2.92. The van der Waals surface area contributed by atoms with E-state index in [9.17, 15) is 23.1 Å². The number of rotatable bonds is 11. The fourth-order valence-corrected chi connectivity index (χ4v) is 2.92. The van der Waals surface area contributed by atoms with Crippen molar-refractivity contribution in [1.29, 1.82) is 5.26 Å². The van der Waals surface area contributed by atoms with Crippen LogP contribution in [0.5, 0.6) is 0 Å². The zero-order valence-electron chi connectivity index (χ0n) is 16.7. The van der Waals surface area contributed by atoms with Crippen LogP contribution >= 0.6 is 0 Å². The lowest BCUT2D eigenvalue weighted by molar-refractivity contribution is -0.138. The molecule has 1 aromatic carbocycles. The molecule has 0 heterocycles. The Labute approximate surface area is 168 Å². The number of hydrogen-bond acceptors (Lipinski definition) is 5. The molecule has 0 fully saturated rings. The molecular weight excluding hydrogens is 387 g/mol. The summed E-state index contributed by atoms with van der Waals surface area (Å²) in [6, 6.07) is 4.33. The van der Waals surface area contributed by atoms with E-state index < -0.39 is 28.8 Å². The third-order valence-electron chi connectivity index (χ3n) is 4.47. The molecule has 0 spiro atoms. The van der Waals surface area contributed by atoms with Gasteiger partial charge in [0.05, 0.1) is 17.2 Å². The minimum Gasteiger partial charge on any atom is -0.396 e. The summed E-state index contributed by atoms with van der Waals surface area (Å²) < 4.78 is 39.1. The van der Waals surface area contributed by atoms with Crippen LogP contribution in [0.15, 0.2) is 18.2 Å². The average Bonchev–Trinajstić information content (AvgIpc) is 2.63. The largest absolute Gasteiger partial charge is 0.417 e. The van der Waals surface area contributed by atoms with Crippen LogP contribution in [0.2, 0.25) is 0 Å². The number of hydrogen-bond donors (Lipinski definition) is 3. The zero-order chi connectivity index (χ0) is 22.1. The second-order valence-corrected chi connectivity index (χ2v) is 7.33. The van der Waals surface area contributed by atoms with Crippen molar-refractivity contribution < 1.29 is 28.2 Å². The lowest BCUT2D eigenvalue weighted by atomic mass is 10.0. The quantitative estimate of drug-likeness (QED) is 0.483. The Hall–Kier alpha value is -2.15. The van der Waals surface area contributed by atoms with E-state index in [2.05, 4.69) is 5.32 Å². The maximum Gasteiger partial charge on any atom is 0.417 e. The third-order valence-corrected chi connectivity index (χ3v) is 4.47. The van der Waals surface area contributed by atoms with E-state index in [0.717, 1.165) is 38.2 Å². The van der Waals surface area contributed by atoms with Crippen LogP contribution in [-0.4, -0.2) is 53.4 Å². The molecule has 1 rings (SSSR count). The number of alkyl halides is 3. The molecule has 1 aromatic rings. The summed E-state index contributed by atoms with van der Waals surface area (Å²) >= 11 is 0. The minimum atomic E-state index is -4.73. The van der Waals surface area contributed by atoms with Crippen LogP contribution in [-0.2, 0) is 11.0 Å². The number of amides is 1. The van der Waals surface area contributed by atoms with Crippen molar-refractivity contribution in [2.45, 2.75) is 50.8 Å². The molecule has 0 aliphatic carbocycles. The van der Waals surface area contributed by atoms with Crippen molar-refractivity contribution in [1.82, 2.24) is 4.90 Å². The molecule has 0 saturated carbocycles. The van der Waals surface area contributed by atoms with Crippen LogP contribution < -0.4 is 5.32 Å². The highest BCUT2D eigenvalue weighted by molar-refractivity contribution is 5.97. The van der Waals surface area contributed by atoms with E-state index in [4.69, 9.17) is 10.4 Å². The normalized spacial score (nSPS) is 13.8. The van der Waals surface area contributed by atoms with E-state index in [1.165, 1.54) is 19.1 Å². The standard InChI is InChI=1S/C20H28F3N3O3/c1-19(29,14-26(2)10-6-4-3-5-7-11-27)18(28)25-16-9-8-15(13-24)17(12-16)20(21,22)23/h8-9,12,27,29H,3-7,10-11,14H2,1-2H3,(H,25,28)/t19-/m0/s1. The number of anilines is 1. The Balaban J connectivity index is 2.65. The topological polar surface area (TPSA) is 96.6 Å². The highest BCUT2D eigenvalue weighted by Gasteiger charge is 2.35. The van der Waals surface area contributed by atoms with Crippen LogP contribution in [0.3, 0.4) is 0 Å². The average molecular weight is 415 g/mol. The summed E-state index contributed by atoms with van der Waals surface area (Å²) in [5.74, 6) is -0.829. The van der Waals surface area contributed by atoms with Gasteiger partial charge in [-0.2, -0.15) is 18.4 Å². The van der Waals surface area contributed by atoms with Crippen molar-refractivity contribution in [3.8, 4) is 6.07 Å². The molecule has 0 radical (unpaired) electrons. The maximum absolute atomic E-state index is 13.0. The number of likely N-dealkylation sites (N-methyl/N-ethyl adjacent to an activating group) is 1. The van der Waals surface area contributed by atoms with Crippen LogP contribution in [0.1, 0.15) is 50.2 Å². The summed E-state index contributed by atoms with van der Waals surface area (Å²) in [6.45, 7) is 2.14. The van der Waals surface area contributed by atoms with E-state index in [0.29, 0.717) is 12.6 Å². The number of nitrogens with one attached hydrogen (secondary N) is 1. The van der Waals surface area contributed by atoms with Gasteiger partial charge >= 0.3 is 6.18 Å². The summed E-state index contributed by atoms with van der Waals surface area (Å²) in [5.41, 5.74) is -3.64. The van der Waals surface area contributed by atoms with Gasteiger partial charge < -0.3 is 20.4 Å². The molecule has 0 aromatic heterocycles. The monoisotopic (exact) mass is 415 g/mol. The Bertz CT molecular complexity index is 715. The lowest BCUT2D eigenvalue weighted by Gasteiger charge is -2.28. The Morgan fingerprint density at radius 2 is 1.83 bits per heavy atom. The van der Waals surface area contributed by atoms with Crippen molar-refractivity contribution in [2.75, 3.05) is 32.1 Å². The molecule has 0 bridgehead atoms. The van der Waals surface area contributed by atoms with Gasteiger partial charge in [0.15, 0.2) is 5.60 Å². The smallest absolute Gasteiger partial charge is 0.396 e. The first kappa shape index (κ1) is 24.9. The number of nitrogens with zero attached hydrogens (tertiary/aromatic N) is 2. The van der Waals surface area contributed by atoms with Gasteiger partial charge in [0.1, 0.15) is 0 Å². The van der Waals surface area contributed by atoms with Gasteiger partial charge in [-0.1, -0.05) is 19.3 Å². The van der Waals surface area contributed by atoms with Crippen LogP contribution in [0.4, 0.5) is 18.9 Å². The van der Waals surface area contributed by atoms with E-state index in [-0.39, 0.29) is 18.8 Å². The number of halogens is 3. The SMILES string of the molecule is CN(CCCCCCCO)C[C@](C)(O)C(=O)Nc1ccc(C#N)c(C(F)(F)F)c1. The number of carbonyl (C=O) groups excluding carboxylic acids is 1. The predicted octanol–water partition coefficient (Wildman–Crippen LogP) is 3.14. The lowest BCUT2D eigenvalue weighted by Crippen LogP contribution is -2.48. The first-order chi connectivity index (χ1) is 13.5. The highest BCUT2D eigenvalue weighted by Crippen LogP contribution is 2.33. The molecule has 0 aliphatic heterocycles. The Morgan fingerprint density at radius 1 is 1.21 bits per heavy atom. The number of nitriles is 1. The number of benzene rings is 1. The second-order valence-electron chi connectivity index (χ2n) is 7.33. The molecule has 162 valence electrons. The van der Waals surface area contributed by atoms with E-state index in [1.807, 2.05) is 0 Å². The fraction of sp³-hybridized carbons (Fsp3) is 0.600. The van der Waals surface area contributed by atoms with Crippen LogP contribution in [0.25, 0.3) is 0 Å². The summed E-state index contributed by atoms with van der Waals surface area (Å²) in [5, 5.41) is 30.3. The number of aliphatic hydroxyl groups excluding tert-OH is 1. The molecule has 0 aliphatic rings. The van der Waals surface area contributed by atoms with Crippen molar-refractivity contribution in [3.63, 3.8) is 0 Å². The maximum atomic E-state index is 13.0. The predicted molar refractivity (Wildman–Crippen MR) is 103 cm³/mol. The summed E-state index contributed by atoms with van der Waals surface area (Å²) in [4.78, 5) is 14.2. The van der Waals surface area contributed by atoms with Gasteiger partial charge in [0.2, 0.25) is 0 Å². The molecule has 1 atom stereocenters. The van der Waals surface area contributed by atoms with Gasteiger partial charge in [-0.3, -0.25) is 4.79 Å². The second kappa shape index (κ2) is 11.1. The van der Waals surface area contributed by atoms with Crippen molar-refractivity contribution >= 4 is 11.6 Å². The number of aliphatic hydroxyl groups is 2. The van der Waals surface area contributed by atoms with Gasteiger partial charge in [-0.05, 0) is 51.6 Å². The minimum absolute atomic E-state index is 0.0118. The van der Waals surface area contributed by atoms with Crippen LogP contribution in [0, 0.1) is 11.3 Å². The molecule has 3 N–H and O–H groups in total. The molecule has 6 nitrogen and oxygen atoms in total. The van der Waals surface area contributed by atoms with Gasteiger partial charge in [0, 0.05) is 18.8 Å². The molecule has 9 heteroatoms. The molecule has 1 amide bonds. The van der Waals surface area contributed by atoms with E-state index in [1.54, 1.807) is 11.9 Å². The van der Waals surface area contributed by atoms with Crippen molar-refractivity contribution in [2.24, 2.45) is 0 Å². The van der Waals surface area contributed by atoms with Gasteiger partial charge in [0.25, 0.3) is 5.91 Å². The Morgan fingerprint density at radius 3 is 2.41 bits per heavy atom. The third kappa shape index (κ3) is 8.40. The molecule has 29 heavy (non-hydrogen) atoms.